The first-order valence-corrected chi connectivity index (χ1v) is 6.98. The van der Waals surface area contributed by atoms with Crippen LogP contribution in [-0.2, 0) is 11.4 Å². The number of anilines is 1. The maximum Gasteiger partial charge on any atom is 0.248 e. The lowest BCUT2D eigenvalue weighted by molar-refractivity contribution is -0.115. The number of fused-ring (bicyclic) bond motifs is 1. The molecule has 0 unspecified atom stereocenters. The van der Waals surface area contributed by atoms with Crippen LogP contribution in [-0.4, -0.2) is 25.8 Å². The number of allylic oxidation sites excluding steroid dienone is 1. The van der Waals surface area contributed by atoms with Gasteiger partial charge in [-0.25, -0.2) is 4.68 Å². The Hall–Kier alpha value is -2.38. The zero-order valence-corrected chi connectivity index (χ0v) is 12.5. The Bertz CT molecular complexity index is 766. The quantitative estimate of drug-likeness (QED) is 0.788. The number of aliphatic hydroxyl groups excluding tert-OH is 1. The van der Waals surface area contributed by atoms with Gasteiger partial charge < -0.3 is 16.2 Å². The Morgan fingerprint density at radius 1 is 1.45 bits per heavy atom. The molecular formula is C14H14ClN5O2. The van der Waals surface area contributed by atoms with E-state index in [1.54, 1.807) is 35.9 Å². The van der Waals surface area contributed by atoms with Crippen molar-refractivity contribution in [3.05, 3.63) is 51.9 Å². The van der Waals surface area contributed by atoms with Gasteiger partial charge in [0.05, 0.1) is 5.57 Å². The number of carbonyl (C=O) groups is 1. The van der Waals surface area contributed by atoms with Gasteiger partial charge in [0.2, 0.25) is 11.9 Å². The molecule has 0 radical (unpaired) electrons. The van der Waals surface area contributed by atoms with E-state index in [0.717, 1.165) is 5.56 Å². The molecule has 4 N–H and O–H groups in total. The highest BCUT2D eigenvalue weighted by Gasteiger charge is 2.33. The van der Waals surface area contributed by atoms with Crippen molar-refractivity contribution in [2.24, 2.45) is 5.73 Å². The molecule has 0 spiro atoms. The predicted molar refractivity (Wildman–Crippen MR) is 81.1 cm³/mol. The molecule has 2 heterocycles. The molecule has 1 aromatic carbocycles. The lowest BCUT2D eigenvalue weighted by Crippen LogP contribution is -2.31. The lowest BCUT2D eigenvalue weighted by Gasteiger charge is -2.27. The van der Waals surface area contributed by atoms with Gasteiger partial charge in [-0.1, -0.05) is 23.7 Å². The molecule has 0 aliphatic carbocycles. The van der Waals surface area contributed by atoms with Crippen molar-refractivity contribution >= 4 is 23.5 Å². The minimum atomic E-state index is -0.545. The van der Waals surface area contributed by atoms with E-state index in [-0.39, 0.29) is 12.4 Å². The summed E-state index contributed by atoms with van der Waals surface area (Å²) in [6.45, 7) is 1.46. The summed E-state index contributed by atoms with van der Waals surface area (Å²) in [5.41, 5.74) is 7.34. The maximum absolute atomic E-state index is 11.9. The van der Waals surface area contributed by atoms with Crippen LogP contribution in [0.1, 0.15) is 24.4 Å². The largest absolute Gasteiger partial charge is 0.388 e. The minimum Gasteiger partial charge on any atom is -0.388 e. The molecular weight excluding hydrogens is 306 g/mol. The van der Waals surface area contributed by atoms with Crippen LogP contribution >= 0.6 is 11.6 Å². The molecule has 7 nitrogen and oxygen atoms in total. The number of benzene rings is 1. The van der Waals surface area contributed by atoms with Crippen molar-refractivity contribution < 1.29 is 9.90 Å². The summed E-state index contributed by atoms with van der Waals surface area (Å²) >= 11 is 5.92. The van der Waals surface area contributed by atoms with Crippen LogP contribution in [0.5, 0.6) is 0 Å². The van der Waals surface area contributed by atoms with Crippen LogP contribution < -0.4 is 11.1 Å². The summed E-state index contributed by atoms with van der Waals surface area (Å²) in [7, 11) is 0. The number of halogens is 1. The molecule has 0 saturated heterocycles. The van der Waals surface area contributed by atoms with E-state index in [1.165, 1.54) is 0 Å². The molecule has 0 saturated carbocycles. The highest BCUT2D eigenvalue weighted by molar-refractivity contribution is 6.30. The average molecular weight is 320 g/mol. The SMILES string of the molecule is CC1=C(C(N)=O)[C@H](c2ccc(Cl)cc2)n2nc(CO)nc2N1. The van der Waals surface area contributed by atoms with Gasteiger partial charge in [-0.15, -0.1) is 0 Å². The third-order valence-corrected chi connectivity index (χ3v) is 3.74. The third-order valence-electron chi connectivity index (χ3n) is 3.49. The summed E-state index contributed by atoms with van der Waals surface area (Å²) in [6.07, 6.45) is 0. The number of nitrogens with two attached hydrogens (primary N) is 1. The van der Waals surface area contributed by atoms with Gasteiger partial charge in [-0.05, 0) is 24.6 Å². The Kier molecular flexibility index (Phi) is 3.59. The molecule has 1 aliphatic heterocycles. The molecule has 8 heteroatoms. The second kappa shape index (κ2) is 5.43. The molecule has 22 heavy (non-hydrogen) atoms. The zero-order chi connectivity index (χ0) is 15.9. The van der Waals surface area contributed by atoms with Gasteiger partial charge in [0, 0.05) is 10.7 Å². The third kappa shape index (κ3) is 2.34. The first kappa shape index (κ1) is 14.6. The van der Waals surface area contributed by atoms with Crippen LogP contribution in [0.25, 0.3) is 0 Å². The van der Waals surface area contributed by atoms with E-state index < -0.39 is 11.9 Å². The lowest BCUT2D eigenvalue weighted by atomic mass is 9.95. The van der Waals surface area contributed by atoms with Crippen LogP contribution in [0.3, 0.4) is 0 Å². The van der Waals surface area contributed by atoms with Crippen molar-refractivity contribution in [1.82, 2.24) is 14.8 Å². The number of aromatic nitrogens is 3. The maximum atomic E-state index is 11.9. The first-order chi connectivity index (χ1) is 10.5. The van der Waals surface area contributed by atoms with Crippen molar-refractivity contribution in [2.45, 2.75) is 19.6 Å². The number of hydrogen-bond donors (Lipinski definition) is 3. The normalized spacial score (nSPS) is 17.1. The van der Waals surface area contributed by atoms with Gasteiger partial charge in [-0.2, -0.15) is 10.1 Å². The van der Waals surface area contributed by atoms with E-state index in [1.807, 2.05) is 0 Å². The number of amides is 1. The number of primary amides is 1. The van der Waals surface area contributed by atoms with E-state index in [2.05, 4.69) is 15.4 Å². The van der Waals surface area contributed by atoms with Gasteiger partial charge in [0.1, 0.15) is 12.6 Å². The summed E-state index contributed by atoms with van der Waals surface area (Å²) < 4.78 is 1.54. The summed E-state index contributed by atoms with van der Waals surface area (Å²) in [5, 5.41) is 17.0. The number of hydrogen-bond acceptors (Lipinski definition) is 5. The van der Waals surface area contributed by atoms with E-state index in [4.69, 9.17) is 17.3 Å². The molecule has 1 amide bonds. The summed E-state index contributed by atoms with van der Waals surface area (Å²) in [4.78, 5) is 16.1. The van der Waals surface area contributed by atoms with E-state index in [0.29, 0.717) is 22.2 Å². The fourth-order valence-corrected chi connectivity index (χ4v) is 2.66. The Balaban J connectivity index is 2.19. The Labute approximate surface area is 131 Å². The van der Waals surface area contributed by atoms with E-state index in [9.17, 15) is 9.90 Å². The molecule has 3 rings (SSSR count). The van der Waals surface area contributed by atoms with Gasteiger partial charge in [0.15, 0.2) is 5.82 Å². The van der Waals surface area contributed by atoms with Crippen LogP contribution in [0.4, 0.5) is 5.95 Å². The number of carbonyl (C=O) groups excluding carboxylic acids is 1. The second-order valence-corrected chi connectivity index (χ2v) is 5.37. The number of nitrogens with zero attached hydrogens (tertiary/aromatic N) is 3. The average Bonchev–Trinajstić information content (AvgIpc) is 2.89. The molecule has 0 fully saturated rings. The van der Waals surface area contributed by atoms with Crippen LogP contribution in [0.2, 0.25) is 5.02 Å². The molecule has 2 aromatic rings. The standard InChI is InChI=1S/C14H14ClN5O2/c1-7-11(13(16)22)12(8-2-4-9(15)5-3-8)20-14(17-7)18-10(6-21)19-20/h2-5,12,21H,6H2,1H3,(H2,16,22)(H,17,18,19)/t12-/m0/s1. The number of aliphatic hydroxyl groups is 1. The monoisotopic (exact) mass is 319 g/mol. The predicted octanol–water partition coefficient (Wildman–Crippen LogP) is 1.20. The smallest absolute Gasteiger partial charge is 0.248 e. The van der Waals surface area contributed by atoms with Crippen molar-refractivity contribution in [2.75, 3.05) is 5.32 Å². The fraction of sp³-hybridized carbons (Fsp3) is 0.214. The Morgan fingerprint density at radius 2 is 2.14 bits per heavy atom. The molecule has 1 atom stereocenters. The topological polar surface area (TPSA) is 106 Å². The van der Waals surface area contributed by atoms with Gasteiger partial charge >= 0.3 is 0 Å². The highest BCUT2D eigenvalue weighted by Crippen LogP contribution is 2.35. The van der Waals surface area contributed by atoms with Crippen LogP contribution in [0, 0.1) is 0 Å². The van der Waals surface area contributed by atoms with E-state index >= 15 is 0 Å². The molecule has 114 valence electrons. The molecule has 1 aromatic heterocycles. The fourth-order valence-electron chi connectivity index (χ4n) is 2.53. The van der Waals surface area contributed by atoms with Gasteiger partial charge in [0.25, 0.3) is 0 Å². The van der Waals surface area contributed by atoms with Crippen LogP contribution in [0.15, 0.2) is 35.5 Å². The zero-order valence-electron chi connectivity index (χ0n) is 11.7. The summed E-state index contributed by atoms with van der Waals surface area (Å²) in [6, 6.07) is 6.56. The Morgan fingerprint density at radius 3 is 2.73 bits per heavy atom. The highest BCUT2D eigenvalue weighted by atomic mass is 35.5. The number of rotatable bonds is 3. The minimum absolute atomic E-state index is 0.264. The van der Waals surface area contributed by atoms with Crippen molar-refractivity contribution in [3.8, 4) is 0 Å². The van der Waals surface area contributed by atoms with Gasteiger partial charge in [-0.3, -0.25) is 4.79 Å². The second-order valence-electron chi connectivity index (χ2n) is 4.94. The summed E-state index contributed by atoms with van der Waals surface area (Å²) in [5.74, 6) is 0.170. The number of nitrogens with one attached hydrogen (secondary N) is 1. The van der Waals surface area contributed by atoms with Crippen molar-refractivity contribution in [3.63, 3.8) is 0 Å². The molecule has 0 bridgehead atoms. The van der Waals surface area contributed by atoms with Crippen molar-refractivity contribution in [1.29, 1.82) is 0 Å². The molecule has 1 aliphatic rings. The first-order valence-electron chi connectivity index (χ1n) is 6.60.